The number of nitrogens with zero attached hydrogens (tertiary/aromatic N) is 2. The smallest absolute Gasteiger partial charge is 0.326 e. The number of carbonyl (C=O) groups is 3. The maximum Gasteiger partial charge on any atom is 0.326 e. The van der Waals surface area contributed by atoms with Gasteiger partial charge in [0.25, 0.3) is 0 Å². The summed E-state index contributed by atoms with van der Waals surface area (Å²) in [7, 11) is 0. The minimum atomic E-state index is -1.09. The summed E-state index contributed by atoms with van der Waals surface area (Å²) in [5.41, 5.74) is 3.99. The molecule has 2 saturated heterocycles. The van der Waals surface area contributed by atoms with Crippen molar-refractivity contribution in [1.82, 2.24) is 10.3 Å². The van der Waals surface area contributed by atoms with E-state index in [-0.39, 0.29) is 36.2 Å². The Morgan fingerprint density at radius 1 is 0.982 bits per heavy atom. The highest BCUT2D eigenvalue weighted by molar-refractivity contribution is 6.03. The molecule has 3 aromatic carbocycles. The van der Waals surface area contributed by atoms with E-state index >= 15 is 0 Å². The number of aliphatic hydroxyl groups excluding tert-OH is 1. The number of aryl methyl sites for hydroxylation is 2. The fourth-order valence-electron chi connectivity index (χ4n) is 7.32. The van der Waals surface area contributed by atoms with Gasteiger partial charge in [0.2, 0.25) is 11.8 Å². The molecule has 2 aliphatic heterocycles. The number of aliphatic carboxylic acids is 1. The van der Waals surface area contributed by atoms with Gasteiger partial charge in [-0.15, -0.1) is 0 Å². The Bertz CT molecular complexity index is 1900. The van der Waals surface area contributed by atoms with Crippen molar-refractivity contribution in [2.75, 3.05) is 36.6 Å². The molecule has 4 N–H and O–H groups in total. The summed E-state index contributed by atoms with van der Waals surface area (Å²) in [5.74, 6) is -1.71. The van der Waals surface area contributed by atoms with Crippen molar-refractivity contribution >= 4 is 29.3 Å². The number of benzene rings is 3. The normalized spacial score (nSPS) is 18.4. The summed E-state index contributed by atoms with van der Waals surface area (Å²) in [6, 6.07) is 26.6. The van der Waals surface area contributed by atoms with Gasteiger partial charge in [-0.25, -0.2) is 14.2 Å². The third-order valence-electron chi connectivity index (χ3n) is 10.7. The number of amides is 2. The van der Waals surface area contributed by atoms with Gasteiger partial charge in [0.15, 0.2) is 0 Å². The Labute approximate surface area is 327 Å². The van der Waals surface area contributed by atoms with Crippen molar-refractivity contribution in [3.05, 3.63) is 125 Å². The molecule has 2 amide bonds. The first-order valence-corrected chi connectivity index (χ1v) is 19.3. The molecule has 0 aliphatic carbocycles. The molecule has 0 spiro atoms. The highest BCUT2D eigenvalue weighted by Gasteiger charge is 2.48. The van der Waals surface area contributed by atoms with Crippen LogP contribution in [0.25, 0.3) is 0 Å². The molecule has 12 heteroatoms. The number of aromatic nitrogens is 1. The second-order valence-corrected chi connectivity index (χ2v) is 15.1. The third kappa shape index (κ3) is 10.2. The first-order chi connectivity index (χ1) is 27.0. The van der Waals surface area contributed by atoms with Crippen molar-refractivity contribution < 1.29 is 38.5 Å². The Morgan fingerprint density at radius 3 is 2.30 bits per heavy atom. The van der Waals surface area contributed by atoms with Gasteiger partial charge < -0.3 is 35.2 Å². The van der Waals surface area contributed by atoms with Crippen LogP contribution in [0.2, 0.25) is 0 Å². The van der Waals surface area contributed by atoms with E-state index in [1.165, 1.54) is 17.7 Å². The van der Waals surface area contributed by atoms with Gasteiger partial charge in [0.1, 0.15) is 29.9 Å². The van der Waals surface area contributed by atoms with Crippen LogP contribution in [0.1, 0.15) is 73.9 Å². The molecule has 0 saturated carbocycles. The van der Waals surface area contributed by atoms with Crippen LogP contribution in [0.5, 0.6) is 0 Å². The zero-order valence-electron chi connectivity index (χ0n) is 31.9. The summed E-state index contributed by atoms with van der Waals surface area (Å²) < 4.78 is 25.0. The zero-order valence-corrected chi connectivity index (χ0v) is 31.9. The predicted octanol–water partition coefficient (Wildman–Crippen LogP) is 6.43. The second-order valence-electron chi connectivity index (χ2n) is 15.1. The van der Waals surface area contributed by atoms with E-state index in [1.54, 1.807) is 32.2 Å². The molecule has 1 aromatic heterocycles. The minimum Gasteiger partial charge on any atom is -0.480 e. The number of hydrogen-bond donors (Lipinski definition) is 4. The summed E-state index contributed by atoms with van der Waals surface area (Å²) in [4.78, 5) is 44.0. The van der Waals surface area contributed by atoms with Gasteiger partial charge in [-0.3, -0.25) is 9.59 Å². The first kappa shape index (κ1) is 40.5. The number of rotatable bonds is 20. The number of pyridine rings is 1. The van der Waals surface area contributed by atoms with Gasteiger partial charge in [0.05, 0.1) is 31.3 Å². The molecule has 4 atom stereocenters. The average Bonchev–Trinajstić information content (AvgIpc) is 3.18. The molecule has 11 nitrogen and oxygen atoms in total. The maximum atomic E-state index is 13.8. The molecule has 4 aromatic rings. The molecule has 2 aliphatic rings. The number of aliphatic hydroxyl groups is 1. The number of β-lactam (4-membered cyclic amide) rings is 1. The van der Waals surface area contributed by atoms with Crippen LogP contribution in [-0.4, -0.2) is 71.0 Å². The van der Waals surface area contributed by atoms with Crippen molar-refractivity contribution in [1.29, 1.82) is 0 Å². The van der Waals surface area contributed by atoms with Crippen LogP contribution >= 0.6 is 0 Å². The van der Waals surface area contributed by atoms with Crippen molar-refractivity contribution in [2.45, 2.75) is 76.2 Å². The highest BCUT2D eigenvalue weighted by atomic mass is 19.1. The molecule has 6 rings (SSSR count). The number of ether oxygens (including phenoxy) is 2. The number of carboxylic acid groups (broad SMARTS) is 1. The SMILES string of the molecule is CC(C)[C@@H](NC(=O)COC1(CCc2ccc([C@@H]3[C@@H](CC[C@H](O)c4ccc(F)cc4)C(=O)N3c3ccc(CCCNc4ccccn4)cc3)cc2)COC1)C(=O)O. The Kier molecular flexibility index (Phi) is 13.5. The molecular formula is C44H51FN4O7. The van der Waals surface area contributed by atoms with Crippen LogP contribution in [-0.2, 0) is 36.7 Å². The van der Waals surface area contributed by atoms with Crippen molar-refractivity contribution in [2.24, 2.45) is 11.8 Å². The quantitative estimate of drug-likeness (QED) is 0.0590. The van der Waals surface area contributed by atoms with Crippen LogP contribution in [0.15, 0.2) is 97.2 Å². The fourth-order valence-corrected chi connectivity index (χ4v) is 7.32. The Balaban J connectivity index is 1.09. The van der Waals surface area contributed by atoms with E-state index in [9.17, 15) is 29.0 Å². The standard InChI is InChI=1S/C44H51FN4O7/c1-29(2)40(43(53)54)48-39(51)26-56-44(27-55-28-44)23-22-31-8-12-33(13-9-31)41-36(20-21-37(50)32-14-16-34(45)17-15-32)42(52)49(41)35-18-10-30(11-19-35)6-5-25-47-38-7-3-4-24-46-38/h3-4,7-19,24,29,36-37,40-41,50H,5-6,20-23,25-28H2,1-2H3,(H,46,47)(H,48,51)(H,53,54)/t36-,37+,40-,41-/m1/s1. The monoisotopic (exact) mass is 766 g/mol. The highest BCUT2D eigenvalue weighted by Crippen LogP contribution is 2.46. The molecule has 2 fully saturated rings. The fraction of sp³-hybridized carbons (Fsp3) is 0.409. The number of hydrogen-bond acceptors (Lipinski definition) is 8. The van der Waals surface area contributed by atoms with Crippen molar-refractivity contribution in [3.8, 4) is 0 Å². The molecule has 0 bridgehead atoms. The summed E-state index contributed by atoms with van der Waals surface area (Å²) in [6.45, 7) is 4.69. The molecule has 56 heavy (non-hydrogen) atoms. The third-order valence-corrected chi connectivity index (χ3v) is 10.7. The van der Waals surface area contributed by atoms with E-state index in [0.717, 1.165) is 42.0 Å². The number of carbonyl (C=O) groups excluding carboxylic acids is 2. The van der Waals surface area contributed by atoms with Crippen LogP contribution in [0.4, 0.5) is 15.9 Å². The van der Waals surface area contributed by atoms with Gasteiger partial charge in [-0.2, -0.15) is 0 Å². The lowest BCUT2D eigenvalue weighted by atomic mass is 9.78. The van der Waals surface area contributed by atoms with Crippen LogP contribution in [0, 0.1) is 17.7 Å². The zero-order chi connectivity index (χ0) is 39.7. The first-order valence-electron chi connectivity index (χ1n) is 19.3. The predicted molar refractivity (Wildman–Crippen MR) is 210 cm³/mol. The van der Waals surface area contributed by atoms with Crippen LogP contribution < -0.4 is 15.5 Å². The molecule has 0 radical (unpaired) electrons. The van der Waals surface area contributed by atoms with E-state index in [2.05, 4.69) is 27.8 Å². The van der Waals surface area contributed by atoms with Crippen molar-refractivity contribution in [3.63, 3.8) is 0 Å². The van der Waals surface area contributed by atoms with E-state index in [4.69, 9.17) is 9.47 Å². The Hall–Kier alpha value is -5.17. The molecule has 3 heterocycles. The van der Waals surface area contributed by atoms with E-state index in [0.29, 0.717) is 44.5 Å². The summed E-state index contributed by atoms with van der Waals surface area (Å²) in [6.07, 6.45) is 4.81. The number of carboxylic acids is 1. The molecule has 0 unspecified atom stereocenters. The average molecular weight is 767 g/mol. The number of halogens is 1. The van der Waals surface area contributed by atoms with Gasteiger partial charge in [0, 0.05) is 18.4 Å². The largest absolute Gasteiger partial charge is 0.480 e. The maximum absolute atomic E-state index is 13.8. The van der Waals surface area contributed by atoms with Gasteiger partial charge >= 0.3 is 5.97 Å². The second kappa shape index (κ2) is 18.6. The van der Waals surface area contributed by atoms with E-state index in [1.807, 2.05) is 59.5 Å². The molecule has 296 valence electrons. The van der Waals surface area contributed by atoms with E-state index < -0.39 is 29.6 Å². The number of nitrogens with one attached hydrogen (secondary N) is 2. The lowest BCUT2D eigenvalue weighted by Crippen LogP contribution is -2.55. The topological polar surface area (TPSA) is 150 Å². The van der Waals surface area contributed by atoms with Gasteiger partial charge in [-0.05, 0) is 103 Å². The Morgan fingerprint density at radius 2 is 1.68 bits per heavy atom. The summed E-state index contributed by atoms with van der Waals surface area (Å²) in [5, 5.41) is 26.2. The molecular weight excluding hydrogens is 716 g/mol. The summed E-state index contributed by atoms with van der Waals surface area (Å²) >= 11 is 0. The number of anilines is 2. The van der Waals surface area contributed by atoms with Crippen LogP contribution in [0.3, 0.4) is 0 Å². The minimum absolute atomic E-state index is 0.00567. The lowest BCUT2D eigenvalue weighted by Gasteiger charge is -2.48. The van der Waals surface area contributed by atoms with Gasteiger partial charge in [-0.1, -0.05) is 68.4 Å². The lowest BCUT2D eigenvalue weighted by molar-refractivity contribution is -0.212.